The van der Waals surface area contributed by atoms with Crippen LogP contribution in [0.2, 0.25) is 0 Å². The lowest BCUT2D eigenvalue weighted by molar-refractivity contribution is -0.120. The summed E-state index contributed by atoms with van der Waals surface area (Å²) in [5, 5.41) is 17.8. The Morgan fingerprint density at radius 1 is 0.425 bits per heavy atom. The number of nitrogens with two attached hydrogens (primary N) is 10. The molecule has 1 unspecified atom stereocenters. The second-order valence-corrected chi connectivity index (χ2v) is 35.7. The van der Waals surface area contributed by atoms with E-state index in [1.807, 2.05) is 60.7 Å². The van der Waals surface area contributed by atoms with Crippen LogP contribution in [0.25, 0.3) is 77.7 Å². The zero-order valence-electron chi connectivity index (χ0n) is 77.8. The predicted molar refractivity (Wildman–Crippen MR) is 544 cm³/mol. The summed E-state index contributed by atoms with van der Waals surface area (Å²) < 4.78 is 0. The van der Waals surface area contributed by atoms with Crippen molar-refractivity contribution >= 4 is 91.8 Å². The lowest BCUT2D eigenvalue weighted by Crippen LogP contribution is -2.43. The molecule has 12 aromatic rings. The van der Waals surface area contributed by atoms with Crippen LogP contribution in [-0.2, 0) is 44.9 Å². The van der Waals surface area contributed by atoms with Gasteiger partial charge in [0.1, 0.15) is 23.0 Å². The van der Waals surface area contributed by atoms with Crippen LogP contribution in [0, 0.1) is 40.5 Å². The molecule has 4 aliphatic rings. The van der Waals surface area contributed by atoms with Crippen molar-refractivity contribution in [3.63, 3.8) is 0 Å². The minimum atomic E-state index is -0.230. The molecule has 0 spiro atoms. The summed E-state index contributed by atoms with van der Waals surface area (Å²) in [6.07, 6.45) is 6.67. The van der Waals surface area contributed by atoms with Crippen LogP contribution in [0.5, 0.6) is 0 Å². The monoisotopic (exact) mass is 1810 g/mol. The molecule has 16 rings (SSSR count). The van der Waals surface area contributed by atoms with Gasteiger partial charge in [-0.25, -0.2) is 24.9 Å². The van der Waals surface area contributed by atoms with E-state index in [2.05, 4.69) is 272 Å². The number of rotatable bonds is 32. The fraction of sp³-hybridized carbons (Fsp3) is 0.324. The lowest BCUT2D eigenvalue weighted by Gasteiger charge is -2.26. The molecule has 10 aromatic carbocycles. The van der Waals surface area contributed by atoms with Gasteiger partial charge in [-0.1, -0.05) is 198 Å². The van der Waals surface area contributed by atoms with Gasteiger partial charge in [0.25, 0.3) is 23.6 Å². The molecular weight excluding hydrogens is 1680 g/mol. The average Bonchev–Trinajstić information content (AvgIpc) is 1.68. The van der Waals surface area contributed by atoms with Crippen molar-refractivity contribution in [3.05, 3.63) is 268 Å². The highest BCUT2D eigenvalue weighted by Crippen LogP contribution is 2.37. The maximum absolute atomic E-state index is 12.6. The molecule has 2 aromatic heterocycles. The van der Waals surface area contributed by atoms with Crippen LogP contribution in [0.3, 0.4) is 0 Å². The zero-order chi connectivity index (χ0) is 95.5. The van der Waals surface area contributed by atoms with Gasteiger partial charge in [-0.05, 0) is 221 Å². The molecule has 700 valence electrons. The fourth-order valence-electron chi connectivity index (χ4n) is 15.7. The minimum Gasteiger partial charge on any atom is -0.370 e. The molecular formula is C105H130N24O5. The largest absolute Gasteiger partial charge is 0.370 e. The van der Waals surface area contributed by atoms with E-state index in [9.17, 15) is 24.0 Å². The molecule has 0 aliphatic carbocycles. The minimum absolute atomic E-state index is 0.0646. The van der Waals surface area contributed by atoms with Crippen LogP contribution in [0.4, 0.5) is 17.1 Å². The molecule has 29 heteroatoms. The number of aromatic amines is 2. The van der Waals surface area contributed by atoms with Crippen LogP contribution in [0.1, 0.15) is 113 Å². The van der Waals surface area contributed by atoms with Crippen molar-refractivity contribution in [2.45, 2.75) is 148 Å². The summed E-state index contributed by atoms with van der Waals surface area (Å²) in [5.41, 5.74) is 84.8. The zero-order valence-corrected chi connectivity index (χ0v) is 77.8. The number of aromatic nitrogens is 4. The highest BCUT2D eigenvalue weighted by molar-refractivity contribution is 6.42. The topological polar surface area (TPSA) is 525 Å². The van der Waals surface area contributed by atoms with Gasteiger partial charge in [0, 0.05) is 107 Å². The van der Waals surface area contributed by atoms with Crippen LogP contribution in [-0.4, -0.2) is 174 Å². The van der Waals surface area contributed by atoms with E-state index in [1.54, 1.807) is 0 Å². The third-order valence-electron chi connectivity index (χ3n) is 23.9. The van der Waals surface area contributed by atoms with E-state index in [0.717, 1.165) is 150 Å². The van der Waals surface area contributed by atoms with Crippen molar-refractivity contribution in [2.24, 2.45) is 83.2 Å². The number of guanidine groups is 1. The Bertz CT molecular complexity index is 6150. The third kappa shape index (κ3) is 29.0. The number of carbonyl (C=O) groups excluding carboxylic acids is 5. The number of amides is 5. The van der Waals surface area contributed by atoms with E-state index in [4.69, 9.17) is 57.3 Å². The second kappa shape index (κ2) is 47.7. The van der Waals surface area contributed by atoms with Gasteiger partial charge in [0.15, 0.2) is 11.8 Å². The first-order chi connectivity index (χ1) is 64.4. The fourth-order valence-corrected chi connectivity index (χ4v) is 15.7. The summed E-state index contributed by atoms with van der Waals surface area (Å²) in [7, 11) is 0. The van der Waals surface area contributed by atoms with Crippen molar-refractivity contribution in [1.29, 1.82) is 0 Å². The molecule has 28 N–H and O–H groups in total. The first kappa shape index (κ1) is 99.4. The Kier molecular flexibility index (Phi) is 35.4. The number of benzene rings is 10. The standard InChI is InChI=1S/C23H29N5O.C22H28N6O.C21H27N5O.C20H24N4O.C19H22N4O/c1-14-4-6-15(7-5-14)16-8-9-19-20(10-16)28-21(27-19)22(29)26-13-18-11-17(12-25-18)23(2,3)24;1-14-4-6-15(7-5-14)16-8-9-17-12-20(28-19(17)11-16)21(29)27-13-18(23)3-2-10-26-22(24)25;1-14-4-6-15(7-5-14)16-8-9-18-19(11-16)26-20(25-18)12-21(27)24-13-17(23)3-2-10-22;1-13-2-4-14(5-3-13)15-6-7-16-11-19(24-18(16)10-15)20(25)23-12-17(22)8-9-21;1-12-2-4-13(5-3-12)14-6-7-15-9-18(23-17(15)8-14)19(24)22-11-16(21)10-20/h4-10,17-18,25H,11-13,24H2,1-3H3,(H,26,29)(H,27,28);4-9,11,18H,2-3,10,12-13,23H2,1H3,(H,27,29)(H4,24,25,26);4-9,11,17H,2-3,10,12-13,22-23H2,1H3,(H,24,27)(H,25,26);2-7,10,17H,8-9,11-12,21-22H2,1H3,(H,23,25);2-8,16H,9-11,20-21H2,1H3,(H,22,24)/t17?,18-;18-;2*17-;16-/m00000/s1. The normalized spacial score (nSPS) is 14.7. The van der Waals surface area contributed by atoms with E-state index in [1.165, 1.54) is 27.8 Å². The number of aliphatic imine (C=N–C) groups is 4. The third-order valence-corrected chi connectivity index (χ3v) is 23.9. The molecule has 6 heterocycles. The van der Waals surface area contributed by atoms with Gasteiger partial charge in [-0.3, -0.25) is 29.0 Å². The summed E-state index contributed by atoms with van der Waals surface area (Å²) in [5.74, 6) is 0.720. The maximum Gasteiger partial charge on any atom is 0.287 e. The van der Waals surface area contributed by atoms with Gasteiger partial charge in [-0.15, -0.1) is 0 Å². The van der Waals surface area contributed by atoms with Gasteiger partial charge < -0.3 is 99.2 Å². The Morgan fingerprint density at radius 2 is 0.791 bits per heavy atom. The Morgan fingerprint density at radius 3 is 1.18 bits per heavy atom. The van der Waals surface area contributed by atoms with Gasteiger partial charge in [0.2, 0.25) is 5.91 Å². The lowest BCUT2D eigenvalue weighted by atomic mass is 9.86. The smallest absolute Gasteiger partial charge is 0.287 e. The first-order valence-electron chi connectivity index (χ1n) is 45.9. The van der Waals surface area contributed by atoms with Crippen molar-refractivity contribution < 1.29 is 24.0 Å². The van der Waals surface area contributed by atoms with Gasteiger partial charge in [-0.2, -0.15) is 0 Å². The molecule has 5 amide bonds. The molecule has 0 radical (unpaired) electrons. The molecule has 0 bridgehead atoms. The summed E-state index contributed by atoms with van der Waals surface area (Å²) in [4.78, 5) is 94.5. The maximum atomic E-state index is 12.6. The molecule has 6 atom stereocenters. The van der Waals surface area contributed by atoms with Gasteiger partial charge >= 0.3 is 0 Å². The Labute approximate surface area is 784 Å². The number of imidazole rings is 2. The van der Waals surface area contributed by atoms with E-state index < -0.39 is 0 Å². The number of aryl methyl sites for hydroxylation is 5. The van der Waals surface area contributed by atoms with Crippen LogP contribution >= 0.6 is 0 Å². The summed E-state index contributed by atoms with van der Waals surface area (Å²) in [6, 6.07) is 72.2. The molecule has 29 nitrogen and oxygen atoms in total. The predicted octanol–water partition coefficient (Wildman–Crippen LogP) is 10.8. The van der Waals surface area contributed by atoms with Crippen LogP contribution in [0.15, 0.2) is 232 Å². The van der Waals surface area contributed by atoms with E-state index in [-0.39, 0.29) is 77.7 Å². The summed E-state index contributed by atoms with van der Waals surface area (Å²) in [6.45, 7) is 19.6. The van der Waals surface area contributed by atoms with Gasteiger partial charge in [0.05, 0.1) is 45.5 Å². The Balaban J connectivity index is 0.000000151. The number of carbonyl (C=O) groups is 5. The number of hydrogen-bond donors (Lipinski definition) is 18. The number of nitrogens with one attached hydrogen (secondary N) is 8. The van der Waals surface area contributed by atoms with E-state index in [0.29, 0.717) is 119 Å². The molecule has 134 heavy (non-hydrogen) atoms. The SMILES string of the molecule is Cc1ccc(-c2ccc3c(c2)N=C(C(=O)NC[C@@H](N)CCCN=C(N)N)C3)cc1.Cc1ccc(-c2ccc3c(c2)N=C(C(=O)NC[C@@H](N)CCN)C3)cc1.Cc1ccc(-c2ccc3c(c2)N=C(C(=O)NC[C@@H](N)CN)C3)cc1.Cc1ccc(-c2ccc3nc(C(=O)NC[C@@H]4CC(C(C)(C)N)CN4)[nH]c3c2)cc1.Cc1ccc(-c2ccc3nc(CC(=O)NC[C@@H](N)CCCN)[nH]c3c2)cc1. The van der Waals surface area contributed by atoms with Crippen molar-refractivity contribution in [2.75, 3.05) is 65.4 Å². The first-order valence-corrected chi connectivity index (χ1v) is 45.9. The number of hydrogen-bond acceptors (Lipinski definition) is 20. The Hall–Kier alpha value is -13.6. The van der Waals surface area contributed by atoms with Crippen molar-refractivity contribution in [3.8, 4) is 55.6 Å². The van der Waals surface area contributed by atoms with Crippen LogP contribution < -0.4 is 89.2 Å². The second-order valence-electron chi connectivity index (χ2n) is 35.7. The number of H-pyrrole nitrogens is 2. The summed E-state index contributed by atoms with van der Waals surface area (Å²) >= 11 is 0. The highest BCUT2D eigenvalue weighted by atomic mass is 16.2. The highest BCUT2D eigenvalue weighted by Gasteiger charge is 2.34. The molecule has 4 aliphatic heterocycles. The number of fused-ring (bicyclic) bond motifs is 5. The van der Waals surface area contributed by atoms with E-state index >= 15 is 0 Å². The molecule has 1 fully saturated rings. The van der Waals surface area contributed by atoms with Crippen molar-refractivity contribution in [1.82, 2.24) is 51.8 Å². The quantitative estimate of drug-likeness (QED) is 0.0106. The number of nitrogens with zero attached hydrogens (tertiary/aromatic N) is 6. The molecule has 1 saturated heterocycles. The molecule has 0 saturated carbocycles. The average molecular weight is 1810 g/mol.